The highest BCUT2D eigenvalue weighted by atomic mass is 16.5. The van der Waals surface area contributed by atoms with Crippen LogP contribution in [-0.4, -0.2) is 54.8 Å². The molecule has 2 amide bonds. The first-order chi connectivity index (χ1) is 18.2. The van der Waals surface area contributed by atoms with Gasteiger partial charge in [0.25, 0.3) is 5.91 Å². The molecule has 0 aliphatic carbocycles. The Morgan fingerprint density at radius 1 is 1.03 bits per heavy atom. The molecule has 12 heteroatoms. The van der Waals surface area contributed by atoms with Gasteiger partial charge in [-0.1, -0.05) is 18.7 Å². The Hall–Kier alpha value is -3.99. The van der Waals surface area contributed by atoms with Crippen LogP contribution in [0.2, 0.25) is 0 Å². The summed E-state index contributed by atoms with van der Waals surface area (Å²) in [6.07, 6.45) is 7.59. The number of rotatable bonds is 13. The van der Waals surface area contributed by atoms with E-state index in [-0.39, 0.29) is 18.3 Å². The van der Waals surface area contributed by atoms with Gasteiger partial charge in [0.1, 0.15) is 11.3 Å². The minimum Gasteiger partial charge on any atom is -0.539 e. The van der Waals surface area contributed by atoms with E-state index in [1.165, 1.54) is 0 Å². The molecule has 3 aromatic rings. The average Bonchev–Trinajstić information content (AvgIpc) is 2.88. The van der Waals surface area contributed by atoms with Crippen molar-refractivity contribution in [3.63, 3.8) is 0 Å². The Bertz CT molecular complexity index is 1290. The van der Waals surface area contributed by atoms with E-state index in [0.717, 1.165) is 16.7 Å². The molecular formula is C26H32B2N4O6+2. The molecule has 0 aliphatic rings. The molecule has 0 spiro atoms. The summed E-state index contributed by atoms with van der Waals surface area (Å²) in [5.41, 5.74) is 3.31. The van der Waals surface area contributed by atoms with Gasteiger partial charge in [0.05, 0.1) is 11.1 Å². The van der Waals surface area contributed by atoms with E-state index in [1.54, 1.807) is 36.0 Å². The molecule has 0 unspecified atom stereocenters. The van der Waals surface area contributed by atoms with E-state index in [1.807, 2.05) is 47.3 Å². The van der Waals surface area contributed by atoms with Crippen molar-refractivity contribution in [2.75, 3.05) is 13.1 Å². The third-order valence-corrected chi connectivity index (χ3v) is 5.56. The first kappa shape index (κ1) is 28.6. The van der Waals surface area contributed by atoms with E-state index in [2.05, 4.69) is 17.2 Å². The van der Waals surface area contributed by atoms with Crippen LogP contribution >= 0.6 is 0 Å². The summed E-state index contributed by atoms with van der Waals surface area (Å²) in [6.45, 7) is 6.52. The number of carbonyl (C=O) groups is 2. The van der Waals surface area contributed by atoms with Gasteiger partial charge in [-0.15, -0.1) is 0 Å². The van der Waals surface area contributed by atoms with Crippen molar-refractivity contribution in [1.29, 1.82) is 0 Å². The van der Waals surface area contributed by atoms with E-state index < -0.39 is 14.8 Å². The minimum atomic E-state index is -1.59. The van der Waals surface area contributed by atoms with Crippen molar-refractivity contribution in [1.82, 2.24) is 10.6 Å². The van der Waals surface area contributed by atoms with Crippen molar-refractivity contribution in [3.05, 3.63) is 90.5 Å². The van der Waals surface area contributed by atoms with Crippen LogP contribution in [0.4, 0.5) is 0 Å². The highest BCUT2D eigenvalue weighted by molar-refractivity contribution is 6.38. The number of nitrogens with zero attached hydrogens (tertiary/aromatic N) is 2. The fraction of sp³-hybridized carbons (Fsp3) is 0.231. The Labute approximate surface area is 222 Å². The monoisotopic (exact) mass is 518 g/mol. The molecule has 1 aromatic carbocycles. The SMILES string of the molecule is C=C(C)C(=O)NCCCNC(=O)c1cc(-c2ccc[n+](Cc3cccc(OBO)c3)c2)c[n+](CB(O)O)c1. The summed E-state index contributed by atoms with van der Waals surface area (Å²) in [5, 5.41) is 33.6. The lowest BCUT2D eigenvalue weighted by Crippen LogP contribution is -2.43. The Kier molecular flexibility index (Phi) is 10.6. The second kappa shape index (κ2) is 14.1. The Morgan fingerprint density at radius 3 is 2.53 bits per heavy atom. The molecular weight excluding hydrogens is 486 g/mol. The number of nitrogens with one attached hydrogen (secondary N) is 2. The van der Waals surface area contributed by atoms with Crippen LogP contribution in [0.5, 0.6) is 5.75 Å². The quantitative estimate of drug-likeness (QED) is 0.0892. The second-order valence-electron chi connectivity index (χ2n) is 8.82. The molecule has 0 atom stereocenters. The maximum atomic E-state index is 12.9. The number of aromatic nitrogens is 2. The lowest BCUT2D eigenvalue weighted by Gasteiger charge is -2.08. The van der Waals surface area contributed by atoms with E-state index in [0.29, 0.717) is 42.9 Å². The van der Waals surface area contributed by atoms with Gasteiger partial charge >= 0.3 is 14.8 Å². The highest BCUT2D eigenvalue weighted by Crippen LogP contribution is 2.18. The van der Waals surface area contributed by atoms with E-state index >= 15 is 0 Å². The first-order valence-corrected chi connectivity index (χ1v) is 12.2. The predicted molar refractivity (Wildman–Crippen MR) is 143 cm³/mol. The summed E-state index contributed by atoms with van der Waals surface area (Å²) < 4.78 is 8.70. The molecule has 38 heavy (non-hydrogen) atoms. The van der Waals surface area contributed by atoms with E-state index in [4.69, 9.17) is 9.68 Å². The van der Waals surface area contributed by atoms with Gasteiger partial charge in [0.2, 0.25) is 5.91 Å². The van der Waals surface area contributed by atoms with Crippen molar-refractivity contribution in [2.45, 2.75) is 26.3 Å². The van der Waals surface area contributed by atoms with Crippen LogP contribution in [0.15, 0.2) is 79.4 Å². The van der Waals surface area contributed by atoms with Crippen LogP contribution in [0.3, 0.4) is 0 Å². The van der Waals surface area contributed by atoms with Crippen LogP contribution in [0.25, 0.3) is 11.1 Å². The molecule has 0 saturated heterocycles. The molecule has 0 aliphatic heterocycles. The third kappa shape index (κ3) is 8.84. The van der Waals surface area contributed by atoms with Crippen molar-refractivity contribution in [3.8, 4) is 16.9 Å². The van der Waals surface area contributed by atoms with Gasteiger partial charge in [-0.3, -0.25) is 9.59 Å². The fourth-order valence-electron chi connectivity index (χ4n) is 3.77. The van der Waals surface area contributed by atoms with Crippen molar-refractivity contribution < 1.29 is 38.4 Å². The van der Waals surface area contributed by atoms with E-state index in [9.17, 15) is 19.6 Å². The second-order valence-corrected chi connectivity index (χ2v) is 8.82. The molecule has 0 saturated carbocycles. The number of amides is 2. The standard InChI is InChI=1S/C26H30B2N4O6/c1-19(2)25(33)29-9-5-10-30-26(34)23-13-22(16-32(17-23)18-28(36)37)21-7-4-11-31(15-21)14-20-6-3-8-24(12-20)38-27-35/h3-4,6-8,11-13,15-17,27,35-37H,1,5,9-10,14,18H2,2H3/p+2. The number of carbonyl (C=O) groups excluding carboxylic acids is 2. The maximum absolute atomic E-state index is 12.9. The smallest absolute Gasteiger partial charge is 0.523 e. The maximum Gasteiger partial charge on any atom is 0.523 e. The lowest BCUT2D eigenvalue weighted by atomic mass is 9.92. The molecule has 0 radical (unpaired) electrons. The molecule has 10 nitrogen and oxygen atoms in total. The summed E-state index contributed by atoms with van der Waals surface area (Å²) in [5.74, 6) is 0.0324. The average molecular weight is 518 g/mol. The van der Waals surface area contributed by atoms with Crippen LogP contribution < -0.4 is 24.4 Å². The summed E-state index contributed by atoms with van der Waals surface area (Å²) >= 11 is 0. The molecule has 5 N–H and O–H groups in total. The largest absolute Gasteiger partial charge is 0.539 e. The molecule has 196 valence electrons. The lowest BCUT2D eigenvalue weighted by molar-refractivity contribution is -0.688. The fourth-order valence-corrected chi connectivity index (χ4v) is 3.77. The van der Waals surface area contributed by atoms with Crippen molar-refractivity contribution in [2.24, 2.45) is 0 Å². The summed E-state index contributed by atoms with van der Waals surface area (Å²) in [6, 6.07) is 13.0. The Balaban J connectivity index is 1.76. The third-order valence-electron chi connectivity index (χ3n) is 5.56. The van der Waals surface area contributed by atoms with Crippen LogP contribution in [-0.2, 0) is 17.8 Å². The zero-order valence-electron chi connectivity index (χ0n) is 21.3. The van der Waals surface area contributed by atoms with Gasteiger partial charge < -0.3 is 30.4 Å². The number of hydrogen-bond donors (Lipinski definition) is 5. The van der Waals surface area contributed by atoms with Gasteiger partial charge in [-0.25, -0.2) is 9.13 Å². The topological polar surface area (TPSA) is 136 Å². The summed E-state index contributed by atoms with van der Waals surface area (Å²) in [7, 11) is -1.98. The first-order valence-electron chi connectivity index (χ1n) is 12.2. The summed E-state index contributed by atoms with van der Waals surface area (Å²) in [4.78, 5) is 24.4. The predicted octanol–water partition coefficient (Wildman–Crippen LogP) is -0.561. The molecule has 2 aromatic heterocycles. The zero-order valence-corrected chi connectivity index (χ0v) is 21.3. The zero-order chi connectivity index (χ0) is 27.5. The van der Waals surface area contributed by atoms with Gasteiger partial charge in [0.15, 0.2) is 37.8 Å². The van der Waals surface area contributed by atoms with Crippen LogP contribution in [0.1, 0.15) is 29.3 Å². The number of benzene rings is 1. The number of pyridine rings is 2. The van der Waals surface area contributed by atoms with Crippen molar-refractivity contribution >= 4 is 26.6 Å². The molecule has 2 heterocycles. The molecule has 3 rings (SSSR count). The minimum absolute atomic E-state index is 0.106. The van der Waals surface area contributed by atoms with Crippen LogP contribution in [0, 0.1) is 0 Å². The van der Waals surface area contributed by atoms with Gasteiger partial charge in [-0.05, 0) is 37.6 Å². The number of hydrogen-bond acceptors (Lipinski definition) is 6. The Morgan fingerprint density at radius 2 is 1.79 bits per heavy atom. The molecule has 0 bridgehead atoms. The molecule has 0 fully saturated rings. The van der Waals surface area contributed by atoms with Gasteiger partial charge in [0, 0.05) is 30.3 Å². The normalized spacial score (nSPS) is 10.4. The highest BCUT2D eigenvalue weighted by Gasteiger charge is 2.20. The van der Waals surface area contributed by atoms with Gasteiger partial charge in [-0.2, -0.15) is 0 Å².